The van der Waals surface area contributed by atoms with Crippen LogP contribution < -0.4 is 16.4 Å². The van der Waals surface area contributed by atoms with Crippen molar-refractivity contribution in [3.8, 4) is 0 Å². The van der Waals surface area contributed by atoms with Gasteiger partial charge in [-0.25, -0.2) is 4.79 Å². The Morgan fingerprint density at radius 3 is 2.42 bits per heavy atom. The number of aromatic nitrogens is 1. The third-order valence-electron chi connectivity index (χ3n) is 6.61. The number of carboxylic acid groups (broad SMARTS) is 2. The first-order chi connectivity index (χ1) is 18.0. The first kappa shape index (κ1) is 28.6. The second-order valence-corrected chi connectivity index (χ2v) is 10.0. The predicted molar refractivity (Wildman–Crippen MR) is 138 cm³/mol. The van der Waals surface area contributed by atoms with Gasteiger partial charge in [-0.3, -0.25) is 19.2 Å². The smallest absolute Gasteiger partial charge is 0.326 e. The van der Waals surface area contributed by atoms with Gasteiger partial charge in [0.1, 0.15) is 18.1 Å². The number of nitrogens with two attached hydrogens (primary N) is 1. The van der Waals surface area contributed by atoms with Crippen molar-refractivity contribution in [3.63, 3.8) is 0 Å². The Morgan fingerprint density at radius 2 is 1.76 bits per heavy atom. The SMILES string of the molecule is CC(C)CC(N)C(=O)NC(CC(=O)O)C(=O)NC(Cc1c[nH]c2ccccc12)C(=O)N1CCCC1C(=O)O. The molecule has 1 aromatic heterocycles. The van der Waals surface area contributed by atoms with Crippen LogP contribution in [0.1, 0.15) is 45.1 Å². The van der Waals surface area contributed by atoms with Gasteiger partial charge in [-0.05, 0) is 36.8 Å². The van der Waals surface area contributed by atoms with E-state index >= 15 is 0 Å². The van der Waals surface area contributed by atoms with Crippen LogP contribution in [0, 0.1) is 5.92 Å². The van der Waals surface area contributed by atoms with Gasteiger partial charge in [0.15, 0.2) is 0 Å². The summed E-state index contributed by atoms with van der Waals surface area (Å²) in [6.45, 7) is 3.96. The Balaban J connectivity index is 1.87. The molecule has 2 heterocycles. The van der Waals surface area contributed by atoms with Crippen LogP contribution in [-0.4, -0.2) is 80.5 Å². The van der Waals surface area contributed by atoms with E-state index in [2.05, 4.69) is 15.6 Å². The van der Waals surface area contributed by atoms with Gasteiger partial charge >= 0.3 is 11.9 Å². The molecule has 7 N–H and O–H groups in total. The highest BCUT2D eigenvalue weighted by atomic mass is 16.4. The minimum Gasteiger partial charge on any atom is -0.481 e. The highest BCUT2D eigenvalue weighted by molar-refractivity contribution is 5.96. The quantitative estimate of drug-likeness (QED) is 0.230. The zero-order valence-electron chi connectivity index (χ0n) is 21.5. The summed E-state index contributed by atoms with van der Waals surface area (Å²) < 4.78 is 0. The molecule has 1 aromatic carbocycles. The molecule has 1 fully saturated rings. The molecule has 1 saturated heterocycles. The average Bonchev–Trinajstić information content (AvgIpc) is 3.50. The maximum Gasteiger partial charge on any atom is 0.326 e. The standard InChI is InChI=1S/C26H35N5O7/c1-14(2)10-17(27)23(34)29-19(12-22(32)33)24(35)30-20(25(36)31-9-5-8-21(31)26(37)38)11-15-13-28-18-7-4-3-6-16(15)18/h3-4,6-7,13-14,17,19-21,28H,5,8-12,27H2,1-2H3,(H,29,34)(H,30,35)(H,32,33)(H,37,38). The van der Waals surface area contributed by atoms with E-state index in [4.69, 9.17) is 5.73 Å². The molecule has 3 rings (SSSR count). The summed E-state index contributed by atoms with van der Waals surface area (Å²) in [5.74, 6) is -4.50. The molecule has 4 atom stereocenters. The summed E-state index contributed by atoms with van der Waals surface area (Å²) in [7, 11) is 0. The molecule has 3 amide bonds. The molecule has 0 spiro atoms. The van der Waals surface area contributed by atoms with Gasteiger partial charge in [-0.2, -0.15) is 0 Å². The fraction of sp³-hybridized carbons (Fsp3) is 0.500. The van der Waals surface area contributed by atoms with E-state index in [0.717, 1.165) is 10.9 Å². The van der Waals surface area contributed by atoms with Crippen molar-refractivity contribution in [1.29, 1.82) is 0 Å². The average molecular weight is 530 g/mol. The lowest BCUT2D eigenvalue weighted by atomic mass is 10.0. The van der Waals surface area contributed by atoms with Crippen LogP contribution in [-0.2, 0) is 30.4 Å². The number of nitrogens with one attached hydrogen (secondary N) is 3. The summed E-state index contributed by atoms with van der Waals surface area (Å²) in [6.07, 6.45) is 2.14. The lowest BCUT2D eigenvalue weighted by Crippen LogP contribution is -2.58. The van der Waals surface area contributed by atoms with Crippen LogP contribution in [0.5, 0.6) is 0 Å². The fourth-order valence-electron chi connectivity index (χ4n) is 4.76. The van der Waals surface area contributed by atoms with Crippen molar-refractivity contribution in [2.45, 2.75) is 70.1 Å². The number of para-hydroxylation sites is 1. The molecule has 38 heavy (non-hydrogen) atoms. The maximum atomic E-state index is 13.6. The minimum absolute atomic E-state index is 0.0258. The monoisotopic (exact) mass is 529 g/mol. The molecule has 0 saturated carbocycles. The molecule has 12 heteroatoms. The van der Waals surface area contributed by atoms with Gasteiger partial charge in [-0.15, -0.1) is 0 Å². The van der Waals surface area contributed by atoms with Crippen molar-refractivity contribution in [2.75, 3.05) is 6.54 Å². The molecule has 206 valence electrons. The van der Waals surface area contributed by atoms with Crippen LogP contribution in [0.25, 0.3) is 10.9 Å². The zero-order valence-corrected chi connectivity index (χ0v) is 21.5. The third kappa shape index (κ3) is 7.09. The Morgan fingerprint density at radius 1 is 1.08 bits per heavy atom. The van der Waals surface area contributed by atoms with E-state index in [-0.39, 0.29) is 18.9 Å². The van der Waals surface area contributed by atoms with Gasteiger partial charge < -0.3 is 36.5 Å². The van der Waals surface area contributed by atoms with E-state index < -0.39 is 60.2 Å². The Kier molecular flexibility index (Phi) is 9.45. The molecule has 0 radical (unpaired) electrons. The van der Waals surface area contributed by atoms with Crippen LogP contribution in [0.3, 0.4) is 0 Å². The largest absolute Gasteiger partial charge is 0.481 e. The third-order valence-corrected chi connectivity index (χ3v) is 6.61. The second-order valence-electron chi connectivity index (χ2n) is 10.0. The Labute approximate surface area is 219 Å². The Bertz CT molecular complexity index is 1190. The first-order valence-corrected chi connectivity index (χ1v) is 12.6. The van der Waals surface area contributed by atoms with Crippen LogP contribution >= 0.6 is 0 Å². The number of carboxylic acids is 2. The number of nitrogens with zero attached hydrogens (tertiary/aromatic N) is 1. The van der Waals surface area contributed by atoms with Crippen LogP contribution in [0.2, 0.25) is 0 Å². The number of carbonyl (C=O) groups excluding carboxylic acids is 3. The molecular weight excluding hydrogens is 494 g/mol. The van der Waals surface area contributed by atoms with Crippen molar-refractivity contribution in [2.24, 2.45) is 11.7 Å². The van der Waals surface area contributed by atoms with Crippen molar-refractivity contribution < 1.29 is 34.2 Å². The van der Waals surface area contributed by atoms with Gasteiger partial charge in [0.25, 0.3) is 0 Å². The lowest BCUT2D eigenvalue weighted by Gasteiger charge is -2.29. The molecule has 2 aromatic rings. The van der Waals surface area contributed by atoms with Gasteiger partial charge in [0.05, 0.1) is 12.5 Å². The van der Waals surface area contributed by atoms with Gasteiger partial charge in [0, 0.05) is 30.1 Å². The minimum atomic E-state index is -1.48. The van der Waals surface area contributed by atoms with E-state index in [9.17, 15) is 34.2 Å². The number of carbonyl (C=O) groups is 5. The zero-order chi connectivity index (χ0) is 28.0. The van der Waals surface area contributed by atoms with Gasteiger partial charge in [-0.1, -0.05) is 32.0 Å². The predicted octanol–water partition coefficient (Wildman–Crippen LogP) is 0.604. The number of H-pyrrole nitrogens is 1. The summed E-state index contributed by atoms with van der Waals surface area (Å²) in [5.41, 5.74) is 7.44. The highest BCUT2D eigenvalue weighted by Crippen LogP contribution is 2.23. The highest BCUT2D eigenvalue weighted by Gasteiger charge is 2.39. The van der Waals surface area contributed by atoms with Gasteiger partial charge in [0.2, 0.25) is 17.7 Å². The number of aromatic amines is 1. The first-order valence-electron chi connectivity index (χ1n) is 12.6. The van der Waals surface area contributed by atoms with Crippen LogP contribution in [0.4, 0.5) is 0 Å². The summed E-state index contributed by atoms with van der Waals surface area (Å²) in [4.78, 5) is 67.0. The van der Waals surface area contributed by atoms with E-state index in [1.807, 2.05) is 38.1 Å². The lowest BCUT2D eigenvalue weighted by molar-refractivity contribution is -0.149. The molecule has 0 bridgehead atoms. The molecule has 1 aliphatic heterocycles. The number of likely N-dealkylation sites (tertiary alicyclic amines) is 1. The molecule has 4 unspecified atom stereocenters. The molecule has 12 nitrogen and oxygen atoms in total. The number of benzene rings is 1. The van der Waals surface area contributed by atoms with Crippen molar-refractivity contribution >= 4 is 40.6 Å². The number of hydrogen-bond acceptors (Lipinski definition) is 6. The molecule has 1 aliphatic rings. The summed E-state index contributed by atoms with van der Waals surface area (Å²) in [5, 5.41) is 24.8. The van der Waals surface area contributed by atoms with E-state index in [1.165, 1.54) is 4.90 Å². The molecule has 0 aliphatic carbocycles. The Hall–Kier alpha value is -3.93. The number of aliphatic carboxylic acids is 2. The second kappa shape index (κ2) is 12.5. The van der Waals surface area contributed by atoms with E-state index in [0.29, 0.717) is 24.8 Å². The molecular formula is C26H35N5O7. The summed E-state index contributed by atoms with van der Waals surface area (Å²) in [6, 6.07) is 2.74. The van der Waals surface area contributed by atoms with Crippen molar-refractivity contribution in [1.82, 2.24) is 20.5 Å². The van der Waals surface area contributed by atoms with E-state index in [1.54, 1.807) is 6.20 Å². The normalized spacial score (nSPS) is 17.7. The fourth-order valence-corrected chi connectivity index (χ4v) is 4.76. The van der Waals surface area contributed by atoms with Crippen LogP contribution in [0.15, 0.2) is 30.5 Å². The number of hydrogen-bond donors (Lipinski definition) is 6. The van der Waals surface area contributed by atoms with Crippen molar-refractivity contribution in [3.05, 3.63) is 36.0 Å². The maximum absolute atomic E-state index is 13.6. The number of fused-ring (bicyclic) bond motifs is 1. The number of rotatable bonds is 12. The topological polar surface area (TPSA) is 195 Å². The number of amides is 3. The summed E-state index contributed by atoms with van der Waals surface area (Å²) >= 11 is 0.